The molecular weight excluding hydrogens is 539 g/mol. The van der Waals surface area contributed by atoms with E-state index < -0.39 is 16.1 Å². The molecule has 1 atom stereocenters. The predicted molar refractivity (Wildman–Crippen MR) is 145 cm³/mol. The smallest absolute Gasteiger partial charge is 0.243 e. The van der Waals surface area contributed by atoms with Crippen molar-refractivity contribution in [3.05, 3.63) is 80.0 Å². The summed E-state index contributed by atoms with van der Waals surface area (Å²) in [5.74, 6) is 0.403. The van der Waals surface area contributed by atoms with Crippen LogP contribution in [0.15, 0.2) is 58.8 Å². The lowest BCUT2D eigenvalue weighted by Crippen LogP contribution is -2.49. The minimum Gasteiger partial charge on any atom is -0.491 e. The van der Waals surface area contributed by atoms with Gasteiger partial charge in [-0.3, -0.25) is 4.79 Å². The van der Waals surface area contributed by atoms with E-state index in [2.05, 4.69) is 0 Å². The number of rotatable bonds is 8. The molecule has 6 nitrogen and oxygen atoms in total. The lowest BCUT2D eigenvalue weighted by Gasteiger charge is -2.37. The monoisotopic (exact) mass is 566 g/mol. The van der Waals surface area contributed by atoms with Gasteiger partial charge >= 0.3 is 0 Å². The van der Waals surface area contributed by atoms with Crippen LogP contribution in [0.1, 0.15) is 35.9 Å². The SMILES string of the molecule is Cc1cc(OCC2c3ccsc3CCN2C(=O)CN(C(C)C)S(=O)(=O)c2ccc(Cl)cc2)ccc1Cl. The lowest BCUT2D eigenvalue weighted by molar-refractivity contribution is -0.135. The number of carbonyl (C=O) groups is 1. The van der Waals surface area contributed by atoms with Gasteiger partial charge < -0.3 is 9.64 Å². The molecule has 0 saturated carbocycles. The normalized spacial score (nSPS) is 15.9. The number of fused-ring (bicyclic) bond motifs is 1. The Balaban J connectivity index is 1.57. The van der Waals surface area contributed by atoms with E-state index in [0.29, 0.717) is 22.3 Å². The van der Waals surface area contributed by atoms with Crippen molar-refractivity contribution in [3.8, 4) is 5.75 Å². The van der Waals surface area contributed by atoms with Crippen molar-refractivity contribution in [3.63, 3.8) is 0 Å². The number of hydrogen-bond donors (Lipinski definition) is 0. The van der Waals surface area contributed by atoms with Gasteiger partial charge in [-0.2, -0.15) is 4.31 Å². The first-order chi connectivity index (χ1) is 17.1. The van der Waals surface area contributed by atoms with Gasteiger partial charge in [0.25, 0.3) is 0 Å². The van der Waals surface area contributed by atoms with Gasteiger partial charge in [0.05, 0.1) is 17.5 Å². The van der Waals surface area contributed by atoms with Crippen molar-refractivity contribution in [1.29, 1.82) is 0 Å². The standard InChI is InChI=1S/C26H28Cl2N2O4S2/c1-17(2)30(36(32,33)21-7-4-19(27)5-8-21)15-26(31)29-12-10-25-22(11-13-35-25)24(29)16-34-20-6-9-23(28)18(3)14-20/h4-9,11,13-14,17,24H,10,12,15-16H2,1-3H3. The second-order valence-corrected chi connectivity index (χ2v) is 12.7. The first-order valence-electron chi connectivity index (χ1n) is 11.6. The molecule has 0 spiro atoms. The minimum absolute atomic E-state index is 0.102. The lowest BCUT2D eigenvalue weighted by atomic mass is 10.0. The first-order valence-corrected chi connectivity index (χ1v) is 14.7. The Morgan fingerprint density at radius 2 is 1.89 bits per heavy atom. The van der Waals surface area contributed by atoms with Crippen LogP contribution in [-0.2, 0) is 21.2 Å². The van der Waals surface area contributed by atoms with E-state index in [0.717, 1.165) is 17.5 Å². The Bertz CT molecular complexity index is 1340. The van der Waals surface area contributed by atoms with Gasteiger partial charge in [0.2, 0.25) is 15.9 Å². The Kier molecular flexibility index (Phi) is 8.32. The summed E-state index contributed by atoms with van der Waals surface area (Å²) in [6, 6.07) is 12.7. The third kappa shape index (κ3) is 5.73. The Labute approximate surface area is 226 Å². The summed E-state index contributed by atoms with van der Waals surface area (Å²) in [4.78, 5) is 16.7. The highest BCUT2D eigenvalue weighted by atomic mass is 35.5. The van der Waals surface area contributed by atoms with E-state index in [9.17, 15) is 13.2 Å². The Morgan fingerprint density at radius 3 is 2.56 bits per heavy atom. The second kappa shape index (κ2) is 11.1. The number of amides is 1. The summed E-state index contributed by atoms with van der Waals surface area (Å²) >= 11 is 13.7. The molecule has 192 valence electrons. The molecule has 36 heavy (non-hydrogen) atoms. The number of aryl methyl sites for hydroxylation is 1. The zero-order valence-corrected chi connectivity index (χ0v) is 23.4. The van der Waals surface area contributed by atoms with E-state index in [4.69, 9.17) is 27.9 Å². The number of thiophene rings is 1. The van der Waals surface area contributed by atoms with Crippen molar-refractivity contribution in [2.45, 2.75) is 44.2 Å². The van der Waals surface area contributed by atoms with E-state index in [1.165, 1.54) is 33.4 Å². The Morgan fingerprint density at radius 1 is 1.17 bits per heavy atom. The van der Waals surface area contributed by atoms with Gasteiger partial charge in [-0.05, 0) is 92.2 Å². The predicted octanol–water partition coefficient (Wildman–Crippen LogP) is 5.97. The van der Waals surface area contributed by atoms with Crippen molar-refractivity contribution in [1.82, 2.24) is 9.21 Å². The highest BCUT2D eigenvalue weighted by Crippen LogP contribution is 2.34. The van der Waals surface area contributed by atoms with E-state index in [1.54, 1.807) is 42.2 Å². The molecule has 1 aliphatic rings. The number of carbonyl (C=O) groups excluding carboxylic acids is 1. The molecular formula is C26H28Cl2N2O4S2. The summed E-state index contributed by atoms with van der Waals surface area (Å²) in [6.07, 6.45) is 0.723. The molecule has 4 rings (SSSR count). The molecule has 2 aromatic carbocycles. The van der Waals surface area contributed by atoms with Crippen LogP contribution >= 0.6 is 34.5 Å². The van der Waals surface area contributed by atoms with Gasteiger partial charge in [0, 0.05) is 27.5 Å². The summed E-state index contributed by atoms with van der Waals surface area (Å²) in [6.45, 7) is 5.91. The molecule has 2 heterocycles. The molecule has 1 amide bonds. The fourth-order valence-electron chi connectivity index (χ4n) is 4.27. The Hall–Kier alpha value is -2.10. The molecule has 1 unspecified atom stereocenters. The maximum atomic E-state index is 13.6. The summed E-state index contributed by atoms with van der Waals surface area (Å²) < 4.78 is 34.1. The maximum absolute atomic E-state index is 13.6. The highest BCUT2D eigenvalue weighted by molar-refractivity contribution is 7.89. The van der Waals surface area contributed by atoms with Crippen LogP contribution < -0.4 is 4.74 Å². The van der Waals surface area contributed by atoms with Gasteiger partial charge in [0.15, 0.2) is 0 Å². The third-order valence-electron chi connectivity index (χ3n) is 6.24. The number of benzene rings is 2. The first kappa shape index (κ1) is 26.9. The van der Waals surface area contributed by atoms with Gasteiger partial charge in [-0.25, -0.2) is 8.42 Å². The summed E-state index contributed by atoms with van der Waals surface area (Å²) in [5, 5.41) is 3.12. The number of sulfonamides is 1. The molecule has 1 aliphatic heterocycles. The van der Waals surface area contributed by atoms with Crippen molar-refractivity contribution in [2.24, 2.45) is 0 Å². The quantitative estimate of drug-likeness (QED) is 0.337. The third-order valence-corrected chi connectivity index (χ3v) is 9.95. The molecule has 0 saturated heterocycles. The summed E-state index contributed by atoms with van der Waals surface area (Å²) in [7, 11) is -3.90. The largest absolute Gasteiger partial charge is 0.491 e. The molecule has 1 aromatic heterocycles. The molecule has 0 fully saturated rings. The molecule has 0 bridgehead atoms. The van der Waals surface area contributed by atoms with Crippen LogP contribution in [0.2, 0.25) is 10.0 Å². The minimum atomic E-state index is -3.90. The number of hydrogen-bond acceptors (Lipinski definition) is 5. The van der Waals surface area contributed by atoms with Crippen LogP contribution in [0.5, 0.6) is 5.75 Å². The van der Waals surface area contributed by atoms with Gasteiger partial charge in [0.1, 0.15) is 12.4 Å². The van der Waals surface area contributed by atoms with Crippen LogP contribution in [0.3, 0.4) is 0 Å². The average Bonchev–Trinajstić information content (AvgIpc) is 3.32. The second-order valence-electron chi connectivity index (χ2n) is 8.97. The number of nitrogens with zero attached hydrogens (tertiary/aromatic N) is 2. The molecule has 0 aliphatic carbocycles. The van der Waals surface area contributed by atoms with E-state index in [1.807, 2.05) is 24.4 Å². The van der Waals surface area contributed by atoms with Crippen molar-refractivity contribution < 1.29 is 17.9 Å². The molecule has 0 N–H and O–H groups in total. The van der Waals surface area contributed by atoms with Gasteiger partial charge in [-0.1, -0.05) is 23.2 Å². The van der Waals surface area contributed by atoms with Crippen LogP contribution in [0.4, 0.5) is 0 Å². The zero-order valence-electron chi connectivity index (χ0n) is 20.3. The van der Waals surface area contributed by atoms with Crippen molar-refractivity contribution >= 4 is 50.5 Å². The fraction of sp³-hybridized carbons (Fsp3) is 0.346. The maximum Gasteiger partial charge on any atom is 0.243 e. The topological polar surface area (TPSA) is 66.9 Å². The van der Waals surface area contributed by atoms with Gasteiger partial charge in [-0.15, -0.1) is 11.3 Å². The van der Waals surface area contributed by atoms with E-state index >= 15 is 0 Å². The summed E-state index contributed by atoms with van der Waals surface area (Å²) in [5.41, 5.74) is 1.95. The zero-order chi connectivity index (χ0) is 26.0. The fourth-order valence-corrected chi connectivity index (χ4v) is 7.03. The number of halogens is 2. The highest BCUT2D eigenvalue weighted by Gasteiger charge is 2.36. The van der Waals surface area contributed by atoms with Crippen LogP contribution in [0.25, 0.3) is 0 Å². The van der Waals surface area contributed by atoms with E-state index in [-0.39, 0.29) is 30.0 Å². The number of ether oxygens (including phenoxy) is 1. The van der Waals surface area contributed by atoms with Crippen molar-refractivity contribution in [2.75, 3.05) is 19.7 Å². The molecule has 3 aromatic rings. The molecule has 10 heteroatoms. The van der Waals surface area contributed by atoms with Crippen LogP contribution in [-0.4, -0.2) is 49.3 Å². The van der Waals surface area contributed by atoms with Crippen LogP contribution in [0, 0.1) is 6.92 Å². The average molecular weight is 568 g/mol. The molecule has 0 radical (unpaired) electrons.